The summed E-state index contributed by atoms with van der Waals surface area (Å²) in [5.41, 5.74) is 10.3. The van der Waals surface area contributed by atoms with Crippen LogP contribution in [0.5, 0.6) is 0 Å². The van der Waals surface area contributed by atoms with Crippen molar-refractivity contribution in [2.45, 2.75) is 24.8 Å². The molecule has 2 aliphatic rings. The van der Waals surface area contributed by atoms with E-state index < -0.39 is 18.1 Å². The van der Waals surface area contributed by atoms with Gasteiger partial charge in [-0.3, -0.25) is 4.90 Å². The highest BCUT2D eigenvalue weighted by Gasteiger charge is 2.37. The molecular formula is C22H24N2O4. The summed E-state index contributed by atoms with van der Waals surface area (Å²) in [5, 5.41) is 9.48. The molecule has 1 saturated heterocycles. The number of ether oxygens (including phenoxy) is 1. The Bertz CT molecular complexity index is 852. The quantitative estimate of drug-likeness (QED) is 0.850. The maximum absolute atomic E-state index is 12.8. The van der Waals surface area contributed by atoms with Gasteiger partial charge in [-0.1, -0.05) is 48.5 Å². The molecule has 1 fully saturated rings. The molecule has 0 radical (unpaired) electrons. The zero-order valence-corrected chi connectivity index (χ0v) is 15.6. The molecule has 2 aromatic carbocycles. The van der Waals surface area contributed by atoms with Crippen LogP contribution in [0.15, 0.2) is 48.5 Å². The number of likely N-dealkylation sites (tertiary alicyclic amines) is 1. The molecule has 0 unspecified atom stereocenters. The number of carboxylic acids is 1. The topological polar surface area (TPSA) is 92.9 Å². The lowest BCUT2D eigenvalue weighted by atomic mass is 9.93. The Labute approximate surface area is 163 Å². The standard InChI is InChI=1S/C22H24N2O4/c23-11-14-9-10-20(21(25)26)24(12-14)22(27)28-13-19-17-7-3-1-5-15(17)16-6-2-4-8-18(16)19/h1-8,14,19-20H,9-13,23H2,(H,25,26)/t14-,20-/m0/s1. The number of carbonyl (C=O) groups is 2. The van der Waals surface area contributed by atoms with E-state index >= 15 is 0 Å². The average Bonchev–Trinajstić information content (AvgIpc) is 3.05. The summed E-state index contributed by atoms with van der Waals surface area (Å²) in [7, 11) is 0. The number of piperidine rings is 1. The third-order valence-corrected chi connectivity index (χ3v) is 5.87. The van der Waals surface area contributed by atoms with Crippen LogP contribution < -0.4 is 5.73 Å². The largest absolute Gasteiger partial charge is 0.480 e. The van der Waals surface area contributed by atoms with Crippen molar-refractivity contribution >= 4 is 12.1 Å². The van der Waals surface area contributed by atoms with E-state index in [0.717, 1.165) is 22.3 Å². The van der Waals surface area contributed by atoms with E-state index in [4.69, 9.17) is 10.5 Å². The van der Waals surface area contributed by atoms with Crippen molar-refractivity contribution < 1.29 is 19.4 Å². The van der Waals surface area contributed by atoms with Crippen LogP contribution in [0.3, 0.4) is 0 Å². The highest BCUT2D eigenvalue weighted by atomic mass is 16.6. The van der Waals surface area contributed by atoms with Crippen LogP contribution in [0.1, 0.15) is 29.9 Å². The third-order valence-electron chi connectivity index (χ3n) is 5.87. The molecule has 1 heterocycles. The number of carboxylic acid groups (broad SMARTS) is 1. The van der Waals surface area contributed by atoms with Gasteiger partial charge in [0.2, 0.25) is 0 Å². The predicted octanol–water partition coefficient (Wildman–Crippen LogP) is 3.06. The fraction of sp³-hybridized carbons (Fsp3) is 0.364. The fourth-order valence-electron chi connectivity index (χ4n) is 4.37. The van der Waals surface area contributed by atoms with Gasteiger partial charge >= 0.3 is 12.1 Å². The second-order valence-electron chi connectivity index (χ2n) is 7.49. The van der Waals surface area contributed by atoms with Gasteiger partial charge in [0.05, 0.1) is 0 Å². The molecule has 3 N–H and O–H groups in total. The molecule has 4 rings (SSSR count). The fourth-order valence-corrected chi connectivity index (χ4v) is 4.37. The zero-order chi connectivity index (χ0) is 19.7. The van der Waals surface area contributed by atoms with E-state index in [2.05, 4.69) is 24.3 Å². The van der Waals surface area contributed by atoms with Crippen LogP contribution in [0, 0.1) is 5.92 Å². The number of nitrogens with zero attached hydrogens (tertiary/aromatic N) is 1. The molecule has 0 spiro atoms. The van der Waals surface area contributed by atoms with E-state index in [-0.39, 0.29) is 18.4 Å². The van der Waals surface area contributed by atoms with Gasteiger partial charge in [0.25, 0.3) is 0 Å². The lowest BCUT2D eigenvalue weighted by Crippen LogP contribution is -2.52. The smallest absolute Gasteiger partial charge is 0.410 e. The lowest BCUT2D eigenvalue weighted by Gasteiger charge is -2.36. The molecule has 6 nitrogen and oxygen atoms in total. The summed E-state index contributed by atoms with van der Waals surface area (Å²) in [6.07, 6.45) is 0.537. The molecule has 1 aliphatic carbocycles. The minimum absolute atomic E-state index is 0.0466. The first kappa shape index (κ1) is 18.5. The minimum Gasteiger partial charge on any atom is -0.480 e. The van der Waals surface area contributed by atoms with Crippen LogP contribution >= 0.6 is 0 Å². The zero-order valence-electron chi connectivity index (χ0n) is 15.6. The Balaban J connectivity index is 1.52. The van der Waals surface area contributed by atoms with E-state index in [9.17, 15) is 14.7 Å². The van der Waals surface area contributed by atoms with Crippen molar-refractivity contribution in [2.75, 3.05) is 19.7 Å². The van der Waals surface area contributed by atoms with Crippen LogP contribution in [0.2, 0.25) is 0 Å². The third kappa shape index (κ3) is 3.24. The normalized spacial score (nSPS) is 21.1. The number of fused-ring (bicyclic) bond motifs is 3. The maximum Gasteiger partial charge on any atom is 0.410 e. The van der Waals surface area contributed by atoms with E-state index in [0.29, 0.717) is 25.9 Å². The Morgan fingerprint density at radius 3 is 2.21 bits per heavy atom. The highest BCUT2D eigenvalue weighted by molar-refractivity contribution is 5.81. The molecule has 1 amide bonds. The van der Waals surface area contributed by atoms with Gasteiger partial charge in [-0.05, 0) is 47.6 Å². The summed E-state index contributed by atoms with van der Waals surface area (Å²) in [6, 6.07) is 15.4. The average molecular weight is 380 g/mol. The first-order valence-electron chi connectivity index (χ1n) is 9.64. The molecule has 1 aliphatic heterocycles. The maximum atomic E-state index is 12.8. The van der Waals surface area contributed by atoms with Gasteiger partial charge in [-0.2, -0.15) is 0 Å². The van der Waals surface area contributed by atoms with Gasteiger partial charge in [0.1, 0.15) is 12.6 Å². The monoisotopic (exact) mass is 380 g/mol. The van der Waals surface area contributed by atoms with Gasteiger partial charge < -0.3 is 15.6 Å². The van der Waals surface area contributed by atoms with Gasteiger partial charge in [-0.25, -0.2) is 9.59 Å². The number of hydrogen-bond donors (Lipinski definition) is 2. The number of rotatable bonds is 4. The molecule has 0 aromatic heterocycles. The molecular weight excluding hydrogens is 356 g/mol. The van der Waals surface area contributed by atoms with Crippen molar-refractivity contribution in [3.8, 4) is 11.1 Å². The van der Waals surface area contributed by atoms with Gasteiger partial charge in [0, 0.05) is 12.5 Å². The number of benzene rings is 2. The van der Waals surface area contributed by atoms with Crippen molar-refractivity contribution in [2.24, 2.45) is 11.7 Å². The highest BCUT2D eigenvalue weighted by Crippen LogP contribution is 2.44. The Hall–Kier alpha value is -2.86. The first-order chi connectivity index (χ1) is 13.6. The van der Waals surface area contributed by atoms with Crippen LogP contribution in [-0.2, 0) is 9.53 Å². The Morgan fingerprint density at radius 2 is 1.64 bits per heavy atom. The van der Waals surface area contributed by atoms with Crippen molar-refractivity contribution in [3.63, 3.8) is 0 Å². The number of nitrogens with two attached hydrogens (primary N) is 1. The van der Waals surface area contributed by atoms with Crippen LogP contribution in [0.4, 0.5) is 4.79 Å². The van der Waals surface area contributed by atoms with Crippen molar-refractivity contribution in [3.05, 3.63) is 59.7 Å². The summed E-state index contributed by atoms with van der Waals surface area (Å²) >= 11 is 0. The molecule has 146 valence electrons. The minimum atomic E-state index is -0.996. The summed E-state index contributed by atoms with van der Waals surface area (Å²) in [6.45, 7) is 0.937. The van der Waals surface area contributed by atoms with E-state index in [1.807, 2.05) is 24.3 Å². The second-order valence-corrected chi connectivity index (χ2v) is 7.49. The molecule has 0 bridgehead atoms. The first-order valence-corrected chi connectivity index (χ1v) is 9.64. The summed E-state index contributed by atoms with van der Waals surface area (Å²) in [5.74, 6) is -0.935. The number of carbonyl (C=O) groups excluding carboxylic acids is 1. The summed E-state index contributed by atoms with van der Waals surface area (Å²) < 4.78 is 5.64. The molecule has 2 aromatic rings. The van der Waals surface area contributed by atoms with Gasteiger partial charge in [0.15, 0.2) is 0 Å². The Kier molecular flexibility index (Phi) is 5.05. The molecule has 6 heteroatoms. The second kappa shape index (κ2) is 7.64. The molecule has 28 heavy (non-hydrogen) atoms. The Morgan fingerprint density at radius 1 is 1.04 bits per heavy atom. The van der Waals surface area contributed by atoms with Crippen molar-refractivity contribution in [1.29, 1.82) is 0 Å². The number of aliphatic carboxylic acids is 1. The number of hydrogen-bond acceptors (Lipinski definition) is 4. The molecule has 0 saturated carbocycles. The SMILES string of the molecule is NC[C@@H]1CC[C@@H](C(=O)O)N(C(=O)OCC2c3ccccc3-c3ccccc32)C1. The number of amides is 1. The lowest BCUT2D eigenvalue weighted by molar-refractivity contribution is -0.144. The van der Waals surface area contributed by atoms with Gasteiger partial charge in [-0.15, -0.1) is 0 Å². The summed E-state index contributed by atoms with van der Waals surface area (Å²) in [4.78, 5) is 25.7. The van der Waals surface area contributed by atoms with Crippen molar-refractivity contribution in [1.82, 2.24) is 4.90 Å². The molecule has 2 atom stereocenters. The predicted molar refractivity (Wildman–Crippen MR) is 105 cm³/mol. The van der Waals surface area contributed by atoms with Crippen LogP contribution in [-0.4, -0.2) is 47.8 Å². The van der Waals surface area contributed by atoms with E-state index in [1.165, 1.54) is 4.90 Å². The van der Waals surface area contributed by atoms with E-state index in [1.54, 1.807) is 0 Å². The van der Waals surface area contributed by atoms with Crippen LogP contribution in [0.25, 0.3) is 11.1 Å².